The molecular weight excluding hydrogens is 318 g/mol. The van der Waals surface area contributed by atoms with Crippen molar-refractivity contribution in [3.63, 3.8) is 0 Å². The molecule has 1 aliphatic rings. The van der Waals surface area contributed by atoms with Gasteiger partial charge in [-0.05, 0) is 36.5 Å². The zero-order valence-corrected chi connectivity index (χ0v) is 13.9. The largest absolute Gasteiger partial charge is 0.493 e. The molecule has 1 saturated carbocycles. The standard InChI is InChI=1S/C16H24BrNO2/c1-19-14-9-12(13(17)10-15(14)20-2)16(18)11-7-5-3-4-6-8-11/h9-11,16H,3-8,18H2,1-2H3. The molecule has 0 amide bonds. The quantitative estimate of drug-likeness (QED) is 0.823. The lowest BCUT2D eigenvalue weighted by atomic mass is 9.88. The summed E-state index contributed by atoms with van der Waals surface area (Å²) in [7, 11) is 3.31. The summed E-state index contributed by atoms with van der Waals surface area (Å²) in [6.07, 6.45) is 7.73. The smallest absolute Gasteiger partial charge is 0.161 e. The Labute approximate surface area is 130 Å². The summed E-state index contributed by atoms with van der Waals surface area (Å²) in [6, 6.07) is 4.02. The molecule has 4 heteroatoms. The van der Waals surface area contributed by atoms with Crippen LogP contribution in [0.25, 0.3) is 0 Å². The van der Waals surface area contributed by atoms with E-state index in [4.69, 9.17) is 15.2 Å². The van der Waals surface area contributed by atoms with Crippen molar-refractivity contribution in [3.05, 3.63) is 22.2 Å². The van der Waals surface area contributed by atoms with Crippen LogP contribution in [0, 0.1) is 5.92 Å². The van der Waals surface area contributed by atoms with Crippen molar-refractivity contribution in [2.45, 2.75) is 44.6 Å². The zero-order chi connectivity index (χ0) is 14.5. The van der Waals surface area contributed by atoms with Gasteiger partial charge in [0.2, 0.25) is 0 Å². The summed E-state index contributed by atoms with van der Waals surface area (Å²) in [4.78, 5) is 0. The third kappa shape index (κ3) is 3.47. The summed E-state index contributed by atoms with van der Waals surface area (Å²) < 4.78 is 11.7. The van der Waals surface area contributed by atoms with Crippen LogP contribution in [0.2, 0.25) is 0 Å². The fraction of sp³-hybridized carbons (Fsp3) is 0.625. The number of halogens is 1. The van der Waals surface area contributed by atoms with E-state index in [2.05, 4.69) is 15.9 Å². The Morgan fingerprint density at radius 1 is 1.05 bits per heavy atom. The number of hydrogen-bond acceptors (Lipinski definition) is 3. The van der Waals surface area contributed by atoms with Crippen LogP contribution >= 0.6 is 15.9 Å². The first-order chi connectivity index (χ1) is 9.67. The van der Waals surface area contributed by atoms with Crippen molar-refractivity contribution in [2.24, 2.45) is 11.7 Å². The Morgan fingerprint density at radius 3 is 2.15 bits per heavy atom. The SMILES string of the molecule is COc1cc(Br)c(C(N)C2CCCCCC2)cc1OC. The average molecular weight is 342 g/mol. The van der Waals surface area contributed by atoms with E-state index < -0.39 is 0 Å². The molecule has 1 aromatic rings. The van der Waals surface area contributed by atoms with Gasteiger partial charge in [-0.1, -0.05) is 41.6 Å². The molecule has 2 rings (SSSR count). The lowest BCUT2D eigenvalue weighted by molar-refractivity contribution is 0.350. The normalized spacial score (nSPS) is 18.4. The van der Waals surface area contributed by atoms with Crippen molar-refractivity contribution in [3.8, 4) is 11.5 Å². The van der Waals surface area contributed by atoms with E-state index in [1.54, 1.807) is 14.2 Å². The predicted octanol–water partition coefficient (Wildman–Crippen LogP) is 4.44. The predicted molar refractivity (Wildman–Crippen MR) is 85.4 cm³/mol. The maximum absolute atomic E-state index is 6.53. The van der Waals surface area contributed by atoms with Crippen molar-refractivity contribution < 1.29 is 9.47 Å². The molecule has 1 atom stereocenters. The highest BCUT2D eigenvalue weighted by Gasteiger charge is 2.24. The minimum Gasteiger partial charge on any atom is -0.493 e. The molecule has 1 unspecified atom stereocenters. The van der Waals surface area contributed by atoms with E-state index >= 15 is 0 Å². The van der Waals surface area contributed by atoms with Gasteiger partial charge in [0.15, 0.2) is 11.5 Å². The third-order valence-electron chi connectivity index (χ3n) is 4.27. The number of ether oxygens (including phenoxy) is 2. The van der Waals surface area contributed by atoms with Crippen LogP contribution in [0.5, 0.6) is 11.5 Å². The van der Waals surface area contributed by atoms with Gasteiger partial charge in [0.25, 0.3) is 0 Å². The van der Waals surface area contributed by atoms with Crippen LogP contribution in [0.1, 0.15) is 50.1 Å². The summed E-state index contributed by atoms with van der Waals surface area (Å²) in [6.45, 7) is 0. The van der Waals surface area contributed by atoms with Gasteiger partial charge in [0.1, 0.15) is 0 Å². The third-order valence-corrected chi connectivity index (χ3v) is 4.96. The second kappa shape index (κ2) is 7.32. The van der Waals surface area contributed by atoms with Crippen LogP contribution in [-0.2, 0) is 0 Å². The molecule has 2 N–H and O–H groups in total. The fourth-order valence-electron chi connectivity index (χ4n) is 3.05. The number of methoxy groups -OCH3 is 2. The van der Waals surface area contributed by atoms with E-state index in [1.165, 1.54) is 38.5 Å². The molecule has 0 spiro atoms. The molecule has 1 aliphatic carbocycles. The molecule has 112 valence electrons. The molecule has 0 aromatic heterocycles. The van der Waals surface area contributed by atoms with Gasteiger partial charge in [-0.3, -0.25) is 0 Å². The Hall–Kier alpha value is -0.740. The van der Waals surface area contributed by atoms with Crippen LogP contribution in [-0.4, -0.2) is 14.2 Å². The molecule has 3 nitrogen and oxygen atoms in total. The topological polar surface area (TPSA) is 44.5 Å². The minimum absolute atomic E-state index is 0.0577. The Bertz CT molecular complexity index is 442. The van der Waals surface area contributed by atoms with E-state index in [1.807, 2.05) is 12.1 Å². The summed E-state index contributed by atoms with van der Waals surface area (Å²) >= 11 is 3.62. The van der Waals surface area contributed by atoms with Crippen molar-refractivity contribution in [1.82, 2.24) is 0 Å². The van der Waals surface area contributed by atoms with Crippen molar-refractivity contribution in [2.75, 3.05) is 14.2 Å². The van der Waals surface area contributed by atoms with Crippen LogP contribution in [0.4, 0.5) is 0 Å². The molecule has 1 aromatic carbocycles. The molecule has 0 heterocycles. The van der Waals surface area contributed by atoms with Crippen LogP contribution in [0.15, 0.2) is 16.6 Å². The van der Waals surface area contributed by atoms with Gasteiger partial charge >= 0.3 is 0 Å². The maximum Gasteiger partial charge on any atom is 0.161 e. The van der Waals surface area contributed by atoms with E-state index in [0.29, 0.717) is 5.92 Å². The Balaban J connectivity index is 2.26. The molecule has 0 saturated heterocycles. The minimum atomic E-state index is 0.0577. The van der Waals surface area contributed by atoms with Crippen LogP contribution in [0.3, 0.4) is 0 Å². The molecular formula is C16H24BrNO2. The molecule has 0 bridgehead atoms. The second-order valence-electron chi connectivity index (χ2n) is 5.51. The van der Waals surface area contributed by atoms with Gasteiger partial charge in [0, 0.05) is 10.5 Å². The summed E-state index contributed by atoms with van der Waals surface area (Å²) in [5.41, 5.74) is 7.65. The highest BCUT2D eigenvalue weighted by Crippen LogP contribution is 2.40. The first-order valence-corrected chi connectivity index (χ1v) is 8.13. The Morgan fingerprint density at radius 2 is 1.60 bits per heavy atom. The van der Waals surface area contributed by atoms with Gasteiger partial charge in [-0.2, -0.15) is 0 Å². The van der Waals surface area contributed by atoms with E-state index in [9.17, 15) is 0 Å². The molecule has 0 aliphatic heterocycles. The number of benzene rings is 1. The maximum atomic E-state index is 6.53. The average Bonchev–Trinajstić information content (AvgIpc) is 2.75. The molecule has 0 radical (unpaired) electrons. The first kappa shape index (κ1) is 15.6. The number of nitrogens with two attached hydrogens (primary N) is 1. The van der Waals surface area contributed by atoms with Crippen molar-refractivity contribution in [1.29, 1.82) is 0 Å². The van der Waals surface area contributed by atoms with Gasteiger partial charge in [-0.25, -0.2) is 0 Å². The number of hydrogen-bond donors (Lipinski definition) is 1. The van der Waals surface area contributed by atoms with E-state index in [-0.39, 0.29) is 6.04 Å². The molecule has 1 fully saturated rings. The highest BCUT2D eigenvalue weighted by atomic mass is 79.9. The highest BCUT2D eigenvalue weighted by molar-refractivity contribution is 9.10. The first-order valence-electron chi connectivity index (χ1n) is 7.34. The summed E-state index contributed by atoms with van der Waals surface area (Å²) in [5.74, 6) is 2.04. The molecule has 20 heavy (non-hydrogen) atoms. The van der Waals surface area contributed by atoms with Gasteiger partial charge in [-0.15, -0.1) is 0 Å². The zero-order valence-electron chi connectivity index (χ0n) is 12.3. The monoisotopic (exact) mass is 341 g/mol. The van der Waals surface area contributed by atoms with Crippen LogP contribution < -0.4 is 15.2 Å². The lowest BCUT2D eigenvalue weighted by Gasteiger charge is -2.24. The second-order valence-corrected chi connectivity index (χ2v) is 6.36. The number of rotatable bonds is 4. The fourth-order valence-corrected chi connectivity index (χ4v) is 3.64. The Kier molecular flexibility index (Phi) is 5.73. The lowest BCUT2D eigenvalue weighted by Crippen LogP contribution is -2.21. The van der Waals surface area contributed by atoms with Gasteiger partial charge < -0.3 is 15.2 Å². The van der Waals surface area contributed by atoms with Gasteiger partial charge in [0.05, 0.1) is 14.2 Å². The summed E-state index contributed by atoms with van der Waals surface area (Å²) in [5, 5.41) is 0. The van der Waals surface area contributed by atoms with Crippen molar-refractivity contribution >= 4 is 15.9 Å². The van der Waals surface area contributed by atoms with E-state index in [0.717, 1.165) is 21.5 Å².